The number of aliphatic hydroxyl groups excluding tert-OH is 1. The summed E-state index contributed by atoms with van der Waals surface area (Å²) in [4.78, 5) is 10.9. The number of ether oxygens (including phenoxy) is 1. The fourth-order valence-corrected chi connectivity index (χ4v) is 1.21. The highest BCUT2D eigenvalue weighted by Crippen LogP contribution is 2.24. The third-order valence-electron chi connectivity index (χ3n) is 1.67. The van der Waals surface area contributed by atoms with E-state index in [1.807, 2.05) is 6.92 Å². The van der Waals surface area contributed by atoms with Gasteiger partial charge in [0, 0.05) is 6.42 Å². The molecule has 1 heterocycles. The first-order valence-electron chi connectivity index (χ1n) is 3.62. The SMILES string of the molecule is C=C(C)CC1CC(O)OC1=O. The Morgan fingerprint density at radius 3 is 2.91 bits per heavy atom. The summed E-state index contributed by atoms with van der Waals surface area (Å²) in [6, 6.07) is 0. The van der Waals surface area contributed by atoms with Crippen molar-refractivity contribution in [3.05, 3.63) is 12.2 Å². The molecular formula is C8H12O3. The van der Waals surface area contributed by atoms with E-state index in [9.17, 15) is 4.79 Å². The lowest BCUT2D eigenvalue weighted by Crippen LogP contribution is -2.07. The van der Waals surface area contributed by atoms with Gasteiger partial charge in [0.25, 0.3) is 0 Å². The van der Waals surface area contributed by atoms with Gasteiger partial charge in [0.05, 0.1) is 5.92 Å². The third kappa shape index (κ3) is 2.05. The number of aliphatic hydroxyl groups is 1. The van der Waals surface area contributed by atoms with Gasteiger partial charge in [0.1, 0.15) is 0 Å². The highest BCUT2D eigenvalue weighted by molar-refractivity contribution is 5.74. The predicted molar refractivity (Wildman–Crippen MR) is 39.6 cm³/mol. The molecule has 1 saturated heterocycles. The molecule has 0 aromatic heterocycles. The smallest absolute Gasteiger partial charge is 0.311 e. The molecule has 0 amide bonds. The quantitative estimate of drug-likeness (QED) is 0.476. The van der Waals surface area contributed by atoms with Crippen LogP contribution in [0.25, 0.3) is 0 Å². The van der Waals surface area contributed by atoms with Gasteiger partial charge in [-0.2, -0.15) is 0 Å². The summed E-state index contributed by atoms with van der Waals surface area (Å²) >= 11 is 0. The minimum atomic E-state index is -0.896. The van der Waals surface area contributed by atoms with Crippen molar-refractivity contribution in [2.75, 3.05) is 0 Å². The van der Waals surface area contributed by atoms with Crippen LogP contribution in [0.1, 0.15) is 19.8 Å². The summed E-state index contributed by atoms with van der Waals surface area (Å²) in [5, 5.41) is 8.91. The maximum Gasteiger partial charge on any atom is 0.311 e. The molecule has 0 radical (unpaired) electrons. The van der Waals surface area contributed by atoms with Crippen LogP contribution < -0.4 is 0 Å². The fourth-order valence-electron chi connectivity index (χ4n) is 1.21. The fraction of sp³-hybridized carbons (Fsp3) is 0.625. The molecule has 62 valence electrons. The molecule has 1 rings (SSSR count). The van der Waals surface area contributed by atoms with Crippen LogP contribution in [0.15, 0.2) is 12.2 Å². The lowest BCUT2D eigenvalue weighted by molar-refractivity contribution is -0.155. The Bertz CT molecular complexity index is 186. The molecule has 1 aliphatic heterocycles. The van der Waals surface area contributed by atoms with Crippen molar-refractivity contribution in [3.8, 4) is 0 Å². The topological polar surface area (TPSA) is 46.5 Å². The Hall–Kier alpha value is -0.830. The number of allylic oxidation sites excluding steroid dienone is 1. The molecule has 1 aliphatic rings. The first kappa shape index (κ1) is 8.27. The molecule has 0 aromatic carbocycles. The summed E-state index contributed by atoms with van der Waals surface area (Å²) in [5.74, 6) is -0.483. The molecule has 11 heavy (non-hydrogen) atoms. The van der Waals surface area contributed by atoms with Gasteiger partial charge in [-0.3, -0.25) is 4.79 Å². The van der Waals surface area contributed by atoms with E-state index in [0.717, 1.165) is 5.57 Å². The van der Waals surface area contributed by atoms with Crippen LogP contribution in [0.3, 0.4) is 0 Å². The number of rotatable bonds is 2. The van der Waals surface area contributed by atoms with Gasteiger partial charge in [-0.25, -0.2) is 0 Å². The zero-order valence-electron chi connectivity index (χ0n) is 6.54. The van der Waals surface area contributed by atoms with E-state index >= 15 is 0 Å². The van der Waals surface area contributed by atoms with E-state index in [4.69, 9.17) is 5.11 Å². The van der Waals surface area contributed by atoms with Crippen molar-refractivity contribution in [2.45, 2.75) is 26.1 Å². The summed E-state index contributed by atoms with van der Waals surface area (Å²) < 4.78 is 4.55. The molecule has 0 bridgehead atoms. The van der Waals surface area contributed by atoms with Gasteiger partial charge in [-0.05, 0) is 13.3 Å². The number of carbonyl (C=O) groups is 1. The minimum absolute atomic E-state index is 0.178. The normalized spacial score (nSPS) is 30.2. The molecule has 0 spiro atoms. The van der Waals surface area contributed by atoms with Crippen LogP contribution in [-0.2, 0) is 9.53 Å². The van der Waals surface area contributed by atoms with Crippen LogP contribution in [-0.4, -0.2) is 17.4 Å². The van der Waals surface area contributed by atoms with Crippen molar-refractivity contribution >= 4 is 5.97 Å². The average Bonchev–Trinajstić information content (AvgIpc) is 2.09. The van der Waals surface area contributed by atoms with E-state index in [1.165, 1.54) is 0 Å². The second-order valence-corrected chi connectivity index (χ2v) is 2.99. The molecule has 3 nitrogen and oxygen atoms in total. The Morgan fingerprint density at radius 1 is 1.91 bits per heavy atom. The maximum atomic E-state index is 10.9. The van der Waals surface area contributed by atoms with E-state index in [0.29, 0.717) is 12.8 Å². The highest BCUT2D eigenvalue weighted by atomic mass is 16.6. The molecule has 0 aromatic rings. The van der Waals surface area contributed by atoms with E-state index < -0.39 is 6.29 Å². The third-order valence-corrected chi connectivity index (χ3v) is 1.67. The van der Waals surface area contributed by atoms with Crippen LogP contribution in [0.2, 0.25) is 0 Å². The second-order valence-electron chi connectivity index (χ2n) is 2.99. The van der Waals surface area contributed by atoms with Gasteiger partial charge in [0.15, 0.2) is 0 Å². The summed E-state index contributed by atoms with van der Waals surface area (Å²) in [6.45, 7) is 5.55. The van der Waals surface area contributed by atoms with Crippen LogP contribution in [0.5, 0.6) is 0 Å². The van der Waals surface area contributed by atoms with Crippen molar-refractivity contribution < 1.29 is 14.6 Å². The first-order valence-corrected chi connectivity index (χ1v) is 3.62. The average molecular weight is 156 g/mol. The number of hydrogen-bond acceptors (Lipinski definition) is 3. The van der Waals surface area contributed by atoms with Gasteiger partial charge in [-0.1, -0.05) is 5.57 Å². The Balaban J connectivity index is 2.47. The van der Waals surface area contributed by atoms with Crippen LogP contribution in [0.4, 0.5) is 0 Å². The monoisotopic (exact) mass is 156 g/mol. The standard InChI is InChI=1S/C8H12O3/c1-5(2)3-6-4-7(9)11-8(6)10/h6-7,9H,1,3-4H2,2H3. The zero-order valence-corrected chi connectivity index (χ0v) is 6.54. The molecular weight excluding hydrogens is 144 g/mol. The number of cyclic esters (lactones) is 1. The van der Waals surface area contributed by atoms with Crippen LogP contribution in [0, 0.1) is 5.92 Å². The van der Waals surface area contributed by atoms with Gasteiger partial charge >= 0.3 is 5.97 Å². The van der Waals surface area contributed by atoms with Gasteiger partial charge in [0.2, 0.25) is 6.29 Å². The van der Waals surface area contributed by atoms with Crippen molar-refractivity contribution in [2.24, 2.45) is 5.92 Å². The number of carbonyl (C=O) groups excluding carboxylic acids is 1. The minimum Gasteiger partial charge on any atom is -0.436 e. The number of hydrogen-bond donors (Lipinski definition) is 1. The predicted octanol–water partition coefficient (Wildman–Crippen LogP) is 0.834. The summed E-state index contributed by atoms with van der Waals surface area (Å²) in [5.41, 5.74) is 0.945. The van der Waals surface area contributed by atoms with E-state index in [2.05, 4.69) is 11.3 Å². The summed E-state index contributed by atoms with van der Waals surface area (Å²) in [6.07, 6.45) is 0.133. The van der Waals surface area contributed by atoms with Crippen molar-refractivity contribution in [1.29, 1.82) is 0 Å². The molecule has 0 aliphatic carbocycles. The molecule has 1 N–H and O–H groups in total. The zero-order chi connectivity index (χ0) is 8.43. The van der Waals surface area contributed by atoms with Crippen molar-refractivity contribution in [3.63, 3.8) is 0 Å². The summed E-state index contributed by atoms with van der Waals surface area (Å²) in [7, 11) is 0. The van der Waals surface area contributed by atoms with Crippen molar-refractivity contribution in [1.82, 2.24) is 0 Å². The lowest BCUT2D eigenvalue weighted by Gasteiger charge is -2.02. The van der Waals surface area contributed by atoms with Gasteiger partial charge < -0.3 is 9.84 Å². The molecule has 2 atom stereocenters. The largest absolute Gasteiger partial charge is 0.436 e. The molecule has 0 saturated carbocycles. The van der Waals surface area contributed by atoms with E-state index in [1.54, 1.807) is 0 Å². The van der Waals surface area contributed by atoms with E-state index in [-0.39, 0.29) is 11.9 Å². The second kappa shape index (κ2) is 3.05. The Kier molecular flexibility index (Phi) is 2.29. The Morgan fingerprint density at radius 2 is 2.55 bits per heavy atom. The number of esters is 1. The first-order chi connectivity index (χ1) is 5.09. The van der Waals surface area contributed by atoms with Gasteiger partial charge in [-0.15, -0.1) is 6.58 Å². The molecule has 3 heteroatoms. The maximum absolute atomic E-state index is 10.9. The van der Waals surface area contributed by atoms with Crippen LogP contribution >= 0.6 is 0 Å². The highest BCUT2D eigenvalue weighted by Gasteiger charge is 2.32. The lowest BCUT2D eigenvalue weighted by atomic mass is 10.00. The Labute approximate surface area is 65.7 Å². The molecule has 1 fully saturated rings. The molecule has 2 unspecified atom stereocenters.